The zero-order valence-corrected chi connectivity index (χ0v) is 12.9. The quantitative estimate of drug-likeness (QED) is 0.837. The standard InChI is InChI=1S/C18H26FNO/c1-2-14-5-3-4-6-18(14)21-17-10-13(9-15(19)11-17)12-20-16-7-8-16/h9-11,14,16,18,20H,2-8,12H2,1H3. The third-order valence-electron chi connectivity index (χ3n) is 4.75. The zero-order chi connectivity index (χ0) is 14.7. The van der Waals surface area contributed by atoms with Crippen molar-refractivity contribution in [3.8, 4) is 5.75 Å². The summed E-state index contributed by atoms with van der Waals surface area (Å²) in [6, 6.07) is 5.78. The first-order valence-corrected chi connectivity index (χ1v) is 8.44. The van der Waals surface area contributed by atoms with E-state index in [0.717, 1.165) is 24.9 Å². The monoisotopic (exact) mass is 291 g/mol. The van der Waals surface area contributed by atoms with Crippen LogP contribution in [0, 0.1) is 11.7 Å². The van der Waals surface area contributed by atoms with Crippen molar-refractivity contribution in [2.24, 2.45) is 5.92 Å². The molecular weight excluding hydrogens is 265 g/mol. The minimum absolute atomic E-state index is 0.191. The van der Waals surface area contributed by atoms with Crippen LogP contribution < -0.4 is 10.1 Å². The van der Waals surface area contributed by atoms with E-state index in [0.29, 0.717) is 17.7 Å². The topological polar surface area (TPSA) is 21.3 Å². The van der Waals surface area contributed by atoms with Crippen LogP contribution in [0.3, 0.4) is 0 Å². The van der Waals surface area contributed by atoms with Crippen molar-refractivity contribution >= 4 is 0 Å². The van der Waals surface area contributed by atoms with E-state index in [1.165, 1.54) is 38.2 Å². The smallest absolute Gasteiger partial charge is 0.127 e. The molecule has 1 N–H and O–H groups in total. The molecule has 0 aromatic heterocycles. The molecule has 1 aromatic rings. The summed E-state index contributed by atoms with van der Waals surface area (Å²) in [5.41, 5.74) is 0.987. The number of hydrogen-bond acceptors (Lipinski definition) is 2. The number of rotatable bonds is 6. The maximum Gasteiger partial charge on any atom is 0.127 e. The molecule has 0 saturated heterocycles. The molecule has 0 spiro atoms. The molecule has 2 atom stereocenters. The van der Waals surface area contributed by atoms with Crippen LogP contribution in [0.15, 0.2) is 18.2 Å². The van der Waals surface area contributed by atoms with Crippen LogP contribution in [0.4, 0.5) is 4.39 Å². The van der Waals surface area contributed by atoms with Gasteiger partial charge in [0.25, 0.3) is 0 Å². The van der Waals surface area contributed by atoms with Crippen LogP contribution in [0.5, 0.6) is 5.75 Å². The Hall–Kier alpha value is -1.09. The summed E-state index contributed by atoms with van der Waals surface area (Å²) in [6.45, 7) is 2.96. The van der Waals surface area contributed by atoms with Gasteiger partial charge in [0.05, 0.1) is 0 Å². The first-order chi connectivity index (χ1) is 10.2. The van der Waals surface area contributed by atoms with Gasteiger partial charge in [0, 0.05) is 18.7 Å². The maximum absolute atomic E-state index is 13.8. The number of nitrogens with one attached hydrogen (secondary N) is 1. The molecule has 0 heterocycles. The highest BCUT2D eigenvalue weighted by atomic mass is 19.1. The van der Waals surface area contributed by atoms with Crippen molar-refractivity contribution in [1.29, 1.82) is 0 Å². The fraction of sp³-hybridized carbons (Fsp3) is 0.667. The van der Waals surface area contributed by atoms with E-state index >= 15 is 0 Å². The minimum Gasteiger partial charge on any atom is -0.490 e. The van der Waals surface area contributed by atoms with Crippen LogP contribution in [-0.2, 0) is 6.54 Å². The lowest BCUT2D eigenvalue weighted by atomic mass is 9.85. The second kappa shape index (κ2) is 6.78. The Morgan fingerprint density at radius 1 is 1.14 bits per heavy atom. The first-order valence-electron chi connectivity index (χ1n) is 8.44. The first kappa shape index (κ1) is 14.8. The molecule has 0 bridgehead atoms. The molecule has 3 heteroatoms. The van der Waals surface area contributed by atoms with Gasteiger partial charge in [0.15, 0.2) is 0 Å². The lowest BCUT2D eigenvalue weighted by molar-refractivity contribution is 0.0900. The van der Waals surface area contributed by atoms with Crippen LogP contribution in [-0.4, -0.2) is 12.1 Å². The Kier molecular flexibility index (Phi) is 4.79. The Morgan fingerprint density at radius 2 is 1.95 bits per heavy atom. The lowest BCUT2D eigenvalue weighted by Gasteiger charge is -2.31. The molecule has 116 valence electrons. The van der Waals surface area contributed by atoms with E-state index in [9.17, 15) is 4.39 Å². The molecule has 21 heavy (non-hydrogen) atoms. The Morgan fingerprint density at radius 3 is 2.71 bits per heavy atom. The summed E-state index contributed by atoms with van der Waals surface area (Å²) >= 11 is 0. The highest BCUT2D eigenvalue weighted by molar-refractivity contribution is 5.30. The molecule has 2 unspecified atom stereocenters. The summed E-state index contributed by atoms with van der Waals surface area (Å²) in [6.07, 6.45) is 8.78. The summed E-state index contributed by atoms with van der Waals surface area (Å²) in [5.74, 6) is 1.13. The van der Waals surface area contributed by atoms with Gasteiger partial charge in [-0.2, -0.15) is 0 Å². The molecule has 1 aromatic carbocycles. The van der Waals surface area contributed by atoms with E-state index in [1.54, 1.807) is 6.07 Å². The van der Waals surface area contributed by atoms with E-state index in [4.69, 9.17) is 4.74 Å². The van der Waals surface area contributed by atoms with Crippen LogP contribution in [0.1, 0.15) is 57.4 Å². The molecule has 2 fully saturated rings. The normalized spacial score (nSPS) is 25.8. The van der Waals surface area contributed by atoms with E-state index < -0.39 is 0 Å². The average molecular weight is 291 g/mol. The minimum atomic E-state index is -0.191. The van der Waals surface area contributed by atoms with E-state index in [-0.39, 0.29) is 11.9 Å². The average Bonchev–Trinajstić information content (AvgIpc) is 3.29. The zero-order valence-electron chi connectivity index (χ0n) is 12.9. The van der Waals surface area contributed by atoms with Crippen LogP contribution >= 0.6 is 0 Å². The largest absolute Gasteiger partial charge is 0.490 e. The molecule has 2 aliphatic rings. The van der Waals surface area contributed by atoms with Gasteiger partial charge in [-0.1, -0.05) is 13.3 Å². The van der Waals surface area contributed by atoms with Crippen molar-refractivity contribution in [2.45, 2.75) is 70.6 Å². The lowest BCUT2D eigenvalue weighted by Crippen LogP contribution is -2.30. The van der Waals surface area contributed by atoms with Gasteiger partial charge in [-0.15, -0.1) is 0 Å². The second-order valence-corrected chi connectivity index (χ2v) is 6.56. The summed E-state index contributed by atoms with van der Waals surface area (Å²) < 4.78 is 19.9. The van der Waals surface area contributed by atoms with Gasteiger partial charge in [-0.25, -0.2) is 4.39 Å². The molecule has 2 nitrogen and oxygen atoms in total. The van der Waals surface area contributed by atoms with E-state index in [1.807, 2.05) is 6.07 Å². The number of halogens is 1. The third-order valence-corrected chi connectivity index (χ3v) is 4.75. The summed E-state index contributed by atoms with van der Waals surface area (Å²) in [4.78, 5) is 0. The molecular formula is C18H26FNO. The fourth-order valence-corrected chi connectivity index (χ4v) is 3.31. The van der Waals surface area contributed by atoms with Crippen molar-refractivity contribution in [3.63, 3.8) is 0 Å². The predicted molar refractivity (Wildman–Crippen MR) is 82.9 cm³/mol. The van der Waals surface area contributed by atoms with Gasteiger partial charge in [-0.3, -0.25) is 0 Å². The van der Waals surface area contributed by atoms with E-state index in [2.05, 4.69) is 12.2 Å². The third kappa shape index (κ3) is 4.19. The summed E-state index contributed by atoms with van der Waals surface area (Å²) in [5, 5.41) is 3.43. The molecule has 0 aliphatic heterocycles. The highest BCUT2D eigenvalue weighted by Gasteiger charge is 2.25. The van der Waals surface area contributed by atoms with Crippen molar-refractivity contribution < 1.29 is 9.13 Å². The molecule has 3 rings (SSSR count). The fourth-order valence-electron chi connectivity index (χ4n) is 3.31. The molecule has 2 aliphatic carbocycles. The highest BCUT2D eigenvalue weighted by Crippen LogP contribution is 2.31. The van der Waals surface area contributed by atoms with Crippen LogP contribution in [0.25, 0.3) is 0 Å². The SMILES string of the molecule is CCC1CCCCC1Oc1cc(F)cc(CNC2CC2)c1. The second-order valence-electron chi connectivity index (χ2n) is 6.56. The van der Waals surface area contributed by atoms with Gasteiger partial charge in [0.2, 0.25) is 0 Å². The Balaban J connectivity index is 1.65. The molecule has 0 amide bonds. The number of hydrogen-bond donors (Lipinski definition) is 1. The van der Waals surface area contributed by atoms with Gasteiger partial charge < -0.3 is 10.1 Å². The molecule has 2 saturated carbocycles. The predicted octanol–water partition coefficient (Wildman–Crippen LogP) is 4.43. The Labute approximate surface area is 127 Å². The van der Waals surface area contributed by atoms with Crippen LogP contribution in [0.2, 0.25) is 0 Å². The number of benzene rings is 1. The molecule has 0 radical (unpaired) electrons. The summed E-state index contributed by atoms with van der Waals surface area (Å²) in [7, 11) is 0. The van der Waals surface area contributed by atoms with Gasteiger partial charge in [0.1, 0.15) is 17.7 Å². The Bertz CT molecular complexity index is 472. The number of ether oxygens (including phenoxy) is 1. The van der Waals surface area contributed by atoms with Gasteiger partial charge in [-0.05, 0) is 62.1 Å². The van der Waals surface area contributed by atoms with Crippen molar-refractivity contribution in [2.75, 3.05) is 0 Å². The van der Waals surface area contributed by atoms with Crippen molar-refractivity contribution in [3.05, 3.63) is 29.6 Å². The van der Waals surface area contributed by atoms with Gasteiger partial charge >= 0.3 is 0 Å². The van der Waals surface area contributed by atoms with Crippen molar-refractivity contribution in [1.82, 2.24) is 5.32 Å². The maximum atomic E-state index is 13.8.